The first kappa shape index (κ1) is 12.2. The molecule has 0 saturated heterocycles. The lowest BCUT2D eigenvalue weighted by atomic mass is 10.2. The number of carbonyl (C=O) groups is 2. The summed E-state index contributed by atoms with van der Waals surface area (Å²) >= 11 is 0. The molecule has 0 spiro atoms. The Morgan fingerprint density at radius 2 is 2.12 bits per heavy atom. The highest BCUT2D eigenvalue weighted by atomic mass is 16.5. The molecule has 2 N–H and O–H groups in total. The van der Waals surface area contributed by atoms with Gasteiger partial charge in [-0.2, -0.15) is 0 Å². The second-order valence-electron chi connectivity index (χ2n) is 3.71. The number of ether oxygens (including phenoxy) is 1. The summed E-state index contributed by atoms with van der Waals surface area (Å²) in [5.41, 5.74) is 6.05. The molecule has 1 aromatic heterocycles. The molecule has 0 radical (unpaired) electrons. The fourth-order valence-corrected chi connectivity index (χ4v) is 1.02. The minimum absolute atomic E-state index is 0.102. The predicted octanol–water partition coefficient (Wildman–Crippen LogP) is 0.880. The van der Waals surface area contributed by atoms with Crippen molar-refractivity contribution < 1.29 is 14.3 Å². The topological polar surface area (TPSA) is 82.3 Å². The first-order valence-corrected chi connectivity index (χ1v) is 4.91. The number of esters is 1. The predicted molar refractivity (Wildman–Crippen MR) is 57.4 cm³/mol. The average molecular weight is 222 g/mol. The van der Waals surface area contributed by atoms with Crippen molar-refractivity contribution in [2.24, 2.45) is 11.7 Å². The molecule has 0 fully saturated rings. The Bertz CT molecular complexity index is 402. The van der Waals surface area contributed by atoms with Crippen molar-refractivity contribution in [2.45, 2.75) is 20.5 Å². The van der Waals surface area contributed by atoms with Crippen LogP contribution in [0, 0.1) is 5.92 Å². The van der Waals surface area contributed by atoms with Gasteiger partial charge < -0.3 is 10.5 Å². The zero-order valence-electron chi connectivity index (χ0n) is 9.27. The lowest BCUT2D eigenvalue weighted by Crippen LogP contribution is -2.13. The smallest absolute Gasteiger partial charge is 0.308 e. The van der Waals surface area contributed by atoms with Crippen molar-refractivity contribution in [3.63, 3.8) is 0 Å². The maximum atomic E-state index is 11.2. The molecule has 86 valence electrons. The van der Waals surface area contributed by atoms with Gasteiger partial charge >= 0.3 is 5.97 Å². The van der Waals surface area contributed by atoms with Gasteiger partial charge in [0, 0.05) is 18.0 Å². The third-order valence-corrected chi connectivity index (χ3v) is 1.93. The Hall–Kier alpha value is -1.91. The molecule has 0 aliphatic heterocycles. The van der Waals surface area contributed by atoms with Crippen molar-refractivity contribution >= 4 is 11.9 Å². The third kappa shape index (κ3) is 3.34. The van der Waals surface area contributed by atoms with Crippen LogP contribution in [0.25, 0.3) is 0 Å². The first-order chi connectivity index (χ1) is 7.50. The van der Waals surface area contributed by atoms with E-state index in [1.54, 1.807) is 19.9 Å². The summed E-state index contributed by atoms with van der Waals surface area (Å²) in [6.07, 6.45) is 2.90. The largest absolute Gasteiger partial charge is 0.461 e. The lowest BCUT2D eigenvalue weighted by molar-refractivity contribution is -0.148. The molecule has 0 aliphatic carbocycles. The normalized spacial score (nSPS) is 10.2. The van der Waals surface area contributed by atoms with Crippen molar-refractivity contribution in [2.75, 3.05) is 0 Å². The standard InChI is InChI=1S/C11H14N2O3/c1-7(2)11(15)16-6-8-3-9(10(12)14)5-13-4-8/h3-5,7H,6H2,1-2H3,(H2,12,14). The molecule has 5 nitrogen and oxygen atoms in total. The number of rotatable bonds is 4. The number of amides is 1. The Labute approximate surface area is 93.6 Å². The average Bonchev–Trinajstić information content (AvgIpc) is 2.26. The van der Waals surface area contributed by atoms with Crippen LogP contribution in [0.5, 0.6) is 0 Å². The number of nitrogens with two attached hydrogens (primary N) is 1. The number of aromatic nitrogens is 1. The van der Waals surface area contributed by atoms with Crippen molar-refractivity contribution in [1.29, 1.82) is 0 Å². The van der Waals surface area contributed by atoms with E-state index in [1.165, 1.54) is 12.4 Å². The van der Waals surface area contributed by atoms with Crippen LogP contribution in [0.1, 0.15) is 29.8 Å². The van der Waals surface area contributed by atoms with Gasteiger partial charge in [-0.25, -0.2) is 0 Å². The van der Waals surface area contributed by atoms with E-state index in [4.69, 9.17) is 10.5 Å². The molecule has 1 aromatic rings. The van der Waals surface area contributed by atoms with E-state index in [2.05, 4.69) is 4.98 Å². The van der Waals surface area contributed by atoms with Gasteiger partial charge in [-0.05, 0) is 6.07 Å². The molecule has 1 rings (SSSR count). The van der Waals surface area contributed by atoms with Crippen molar-refractivity contribution in [1.82, 2.24) is 4.98 Å². The molecule has 0 aliphatic rings. The summed E-state index contributed by atoms with van der Waals surface area (Å²) in [7, 11) is 0. The molecule has 0 unspecified atom stereocenters. The first-order valence-electron chi connectivity index (χ1n) is 4.91. The summed E-state index contributed by atoms with van der Waals surface area (Å²) in [5, 5.41) is 0. The highest BCUT2D eigenvalue weighted by Gasteiger charge is 2.09. The summed E-state index contributed by atoms with van der Waals surface area (Å²) in [5.74, 6) is -1.01. The Kier molecular flexibility index (Phi) is 3.99. The molecule has 1 amide bonds. The number of primary amides is 1. The van der Waals surface area contributed by atoms with Crippen LogP contribution in [0.3, 0.4) is 0 Å². The second kappa shape index (κ2) is 5.25. The van der Waals surface area contributed by atoms with Gasteiger partial charge in [0.15, 0.2) is 0 Å². The Balaban J connectivity index is 2.64. The quantitative estimate of drug-likeness (QED) is 0.766. The highest BCUT2D eigenvalue weighted by Crippen LogP contribution is 2.05. The SMILES string of the molecule is CC(C)C(=O)OCc1cncc(C(N)=O)c1. The Morgan fingerprint density at radius 1 is 1.44 bits per heavy atom. The second-order valence-corrected chi connectivity index (χ2v) is 3.71. The van der Waals surface area contributed by atoms with E-state index in [-0.39, 0.29) is 18.5 Å². The molecule has 0 saturated carbocycles. The molecular formula is C11H14N2O3. The van der Waals surface area contributed by atoms with E-state index in [0.717, 1.165) is 0 Å². The summed E-state index contributed by atoms with van der Waals surface area (Å²) in [6, 6.07) is 1.56. The molecule has 0 atom stereocenters. The minimum atomic E-state index is -0.551. The van der Waals surface area contributed by atoms with Crippen LogP contribution in [0.2, 0.25) is 0 Å². The fourth-order valence-electron chi connectivity index (χ4n) is 1.02. The van der Waals surface area contributed by atoms with Gasteiger partial charge in [-0.3, -0.25) is 14.6 Å². The zero-order valence-corrected chi connectivity index (χ0v) is 9.27. The van der Waals surface area contributed by atoms with Gasteiger partial charge in [-0.1, -0.05) is 13.8 Å². The Morgan fingerprint density at radius 3 is 2.69 bits per heavy atom. The third-order valence-electron chi connectivity index (χ3n) is 1.93. The lowest BCUT2D eigenvalue weighted by Gasteiger charge is -2.07. The molecule has 1 heterocycles. The van der Waals surface area contributed by atoms with Gasteiger partial charge in [0.25, 0.3) is 0 Å². The number of hydrogen-bond donors (Lipinski definition) is 1. The van der Waals surface area contributed by atoms with Crippen molar-refractivity contribution in [3.8, 4) is 0 Å². The van der Waals surface area contributed by atoms with Crippen LogP contribution in [-0.4, -0.2) is 16.9 Å². The van der Waals surface area contributed by atoms with E-state index in [0.29, 0.717) is 11.1 Å². The molecule has 16 heavy (non-hydrogen) atoms. The molecular weight excluding hydrogens is 208 g/mol. The van der Waals surface area contributed by atoms with Gasteiger partial charge in [0.2, 0.25) is 5.91 Å². The van der Waals surface area contributed by atoms with Crippen LogP contribution < -0.4 is 5.73 Å². The van der Waals surface area contributed by atoms with E-state index in [9.17, 15) is 9.59 Å². The van der Waals surface area contributed by atoms with Gasteiger partial charge in [-0.15, -0.1) is 0 Å². The monoisotopic (exact) mass is 222 g/mol. The van der Waals surface area contributed by atoms with E-state index in [1.807, 2.05) is 0 Å². The number of hydrogen-bond acceptors (Lipinski definition) is 4. The summed E-state index contributed by atoms with van der Waals surface area (Å²) < 4.78 is 4.99. The van der Waals surface area contributed by atoms with Gasteiger partial charge in [0.1, 0.15) is 6.61 Å². The fraction of sp³-hybridized carbons (Fsp3) is 0.364. The van der Waals surface area contributed by atoms with E-state index >= 15 is 0 Å². The maximum absolute atomic E-state index is 11.2. The van der Waals surface area contributed by atoms with Crippen molar-refractivity contribution in [3.05, 3.63) is 29.6 Å². The summed E-state index contributed by atoms with van der Waals surface area (Å²) in [6.45, 7) is 3.60. The number of carbonyl (C=O) groups excluding carboxylic acids is 2. The molecule has 0 aromatic carbocycles. The molecule has 0 bridgehead atoms. The van der Waals surface area contributed by atoms with Crippen LogP contribution in [0.4, 0.5) is 0 Å². The van der Waals surface area contributed by atoms with Crippen LogP contribution >= 0.6 is 0 Å². The van der Waals surface area contributed by atoms with Crippen LogP contribution in [0.15, 0.2) is 18.5 Å². The number of nitrogens with zero attached hydrogens (tertiary/aromatic N) is 1. The molecule has 5 heteroatoms. The maximum Gasteiger partial charge on any atom is 0.308 e. The highest BCUT2D eigenvalue weighted by molar-refractivity contribution is 5.92. The van der Waals surface area contributed by atoms with Crippen LogP contribution in [-0.2, 0) is 16.1 Å². The van der Waals surface area contributed by atoms with E-state index < -0.39 is 5.91 Å². The zero-order chi connectivity index (χ0) is 12.1. The summed E-state index contributed by atoms with van der Waals surface area (Å²) in [4.78, 5) is 25.9. The minimum Gasteiger partial charge on any atom is -0.461 e. The van der Waals surface area contributed by atoms with Gasteiger partial charge in [0.05, 0.1) is 11.5 Å². The number of pyridine rings is 1.